The minimum atomic E-state index is -0.396. The molecule has 21 heavy (non-hydrogen) atoms. The van der Waals surface area contributed by atoms with Crippen molar-refractivity contribution < 1.29 is 9.53 Å². The van der Waals surface area contributed by atoms with Crippen molar-refractivity contribution in [2.45, 2.75) is 38.2 Å². The first-order chi connectivity index (χ1) is 10.0. The van der Waals surface area contributed by atoms with Gasteiger partial charge in [-0.1, -0.05) is 44.7 Å². The summed E-state index contributed by atoms with van der Waals surface area (Å²) in [4.78, 5) is 13.7. The van der Waals surface area contributed by atoms with Crippen molar-refractivity contribution in [2.75, 3.05) is 20.2 Å². The topological polar surface area (TPSA) is 29.5 Å². The Morgan fingerprint density at radius 3 is 2.57 bits per heavy atom. The van der Waals surface area contributed by atoms with E-state index in [-0.39, 0.29) is 5.91 Å². The third-order valence-corrected chi connectivity index (χ3v) is 4.44. The highest BCUT2D eigenvalue weighted by Gasteiger charge is 2.38. The lowest BCUT2D eigenvalue weighted by Crippen LogP contribution is -2.49. The van der Waals surface area contributed by atoms with Crippen LogP contribution in [0.3, 0.4) is 0 Å². The first-order valence-corrected chi connectivity index (χ1v) is 7.59. The molecule has 1 unspecified atom stereocenters. The van der Waals surface area contributed by atoms with Gasteiger partial charge < -0.3 is 9.64 Å². The van der Waals surface area contributed by atoms with Crippen molar-refractivity contribution in [2.24, 2.45) is 0 Å². The van der Waals surface area contributed by atoms with E-state index in [0.717, 1.165) is 24.9 Å². The van der Waals surface area contributed by atoms with Crippen LogP contribution in [0, 0.1) is 0 Å². The number of ether oxygens (including phenoxy) is 1. The van der Waals surface area contributed by atoms with Gasteiger partial charge in [0.2, 0.25) is 5.91 Å². The zero-order valence-corrected chi connectivity index (χ0v) is 13.3. The molecule has 1 fully saturated rings. The fourth-order valence-corrected chi connectivity index (χ4v) is 3.03. The maximum Gasteiger partial charge on any atom is 0.246 e. The molecule has 1 atom stereocenters. The van der Waals surface area contributed by atoms with E-state index in [1.165, 1.54) is 11.6 Å². The summed E-state index contributed by atoms with van der Waals surface area (Å²) >= 11 is 0. The molecule has 114 valence electrons. The first kappa shape index (κ1) is 15.8. The van der Waals surface area contributed by atoms with Gasteiger partial charge in [-0.25, -0.2) is 0 Å². The Morgan fingerprint density at radius 1 is 1.38 bits per heavy atom. The summed E-state index contributed by atoms with van der Waals surface area (Å²) in [6.45, 7) is 9.32. The second-order valence-electron chi connectivity index (χ2n) is 6.04. The van der Waals surface area contributed by atoms with Gasteiger partial charge in [-0.2, -0.15) is 0 Å². The van der Waals surface area contributed by atoms with Gasteiger partial charge in [-0.3, -0.25) is 4.79 Å². The average molecular weight is 287 g/mol. The number of amides is 1. The van der Waals surface area contributed by atoms with Gasteiger partial charge in [-0.05, 0) is 36.0 Å². The predicted molar refractivity (Wildman–Crippen MR) is 85.2 cm³/mol. The van der Waals surface area contributed by atoms with E-state index in [4.69, 9.17) is 4.74 Å². The lowest BCUT2D eigenvalue weighted by Gasteiger charge is -2.42. The average Bonchev–Trinajstić information content (AvgIpc) is 2.54. The Kier molecular flexibility index (Phi) is 4.84. The van der Waals surface area contributed by atoms with E-state index in [1.54, 1.807) is 7.11 Å². The number of carbonyl (C=O) groups is 1. The Bertz CT molecular complexity index is 506. The van der Waals surface area contributed by atoms with E-state index in [0.29, 0.717) is 12.5 Å². The predicted octanol–water partition coefficient (Wildman–Crippen LogP) is 3.46. The summed E-state index contributed by atoms with van der Waals surface area (Å²) in [5.41, 5.74) is 2.07. The molecule has 1 saturated heterocycles. The smallest absolute Gasteiger partial charge is 0.246 e. The largest absolute Gasteiger partial charge is 0.372 e. The summed E-state index contributed by atoms with van der Waals surface area (Å²) < 4.78 is 5.86. The quantitative estimate of drug-likeness (QED) is 0.794. The van der Waals surface area contributed by atoms with Crippen LogP contribution in [0.5, 0.6) is 0 Å². The lowest BCUT2D eigenvalue weighted by atomic mass is 9.84. The van der Waals surface area contributed by atoms with Crippen LogP contribution in [0.4, 0.5) is 0 Å². The molecule has 1 aliphatic rings. The van der Waals surface area contributed by atoms with Gasteiger partial charge in [-0.15, -0.1) is 0 Å². The van der Waals surface area contributed by atoms with Gasteiger partial charge in [0, 0.05) is 13.7 Å². The first-order valence-electron chi connectivity index (χ1n) is 7.59. The van der Waals surface area contributed by atoms with Gasteiger partial charge in [0.25, 0.3) is 0 Å². The highest BCUT2D eigenvalue weighted by Crippen LogP contribution is 2.35. The minimum absolute atomic E-state index is 0.0186. The molecule has 0 radical (unpaired) electrons. The molecule has 0 aliphatic carbocycles. The summed E-state index contributed by atoms with van der Waals surface area (Å²) in [7, 11) is 1.73. The van der Waals surface area contributed by atoms with Gasteiger partial charge in [0.05, 0.1) is 6.54 Å². The fourth-order valence-electron chi connectivity index (χ4n) is 3.03. The molecule has 1 aliphatic heterocycles. The molecule has 0 spiro atoms. The molecular formula is C18H25NO2. The molecule has 0 N–H and O–H groups in total. The number of hydrogen-bond donors (Lipinski definition) is 0. The summed E-state index contributed by atoms with van der Waals surface area (Å²) in [6, 6.07) is 8.60. The minimum Gasteiger partial charge on any atom is -0.372 e. The van der Waals surface area contributed by atoms with E-state index in [1.807, 2.05) is 4.90 Å². The number of piperidine rings is 1. The standard InChI is InChI=1S/C18H25NO2/c1-5-17(20)19-12-6-11-18(13-19,21-4)16-9-7-15(8-10-16)14(2)3/h5,7-10,14H,1,6,11-13H2,2-4H3. The second-order valence-corrected chi connectivity index (χ2v) is 6.04. The van der Waals surface area contributed by atoms with Crippen molar-refractivity contribution >= 4 is 5.91 Å². The Hall–Kier alpha value is -1.61. The number of likely N-dealkylation sites (tertiary alicyclic amines) is 1. The molecule has 2 rings (SSSR count). The molecule has 0 saturated carbocycles. The van der Waals surface area contributed by atoms with Gasteiger partial charge >= 0.3 is 0 Å². The van der Waals surface area contributed by atoms with Crippen LogP contribution in [0.1, 0.15) is 43.7 Å². The number of rotatable bonds is 4. The monoisotopic (exact) mass is 287 g/mol. The zero-order chi connectivity index (χ0) is 15.5. The normalized spacial score (nSPS) is 22.4. The number of methoxy groups -OCH3 is 1. The third-order valence-electron chi connectivity index (χ3n) is 4.44. The second kappa shape index (κ2) is 6.44. The maximum atomic E-state index is 11.9. The number of hydrogen-bond acceptors (Lipinski definition) is 2. The molecule has 3 nitrogen and oxygen atoms in total. The van der Waals surface area contributed by atoms with Crippen LogP contribution in [-0.2, 0) is 15.1 Å². The van der Waals surface area contributed by atoms with Crippen LogP contribution in [0.15, 0.2) is 36.9 Å². The molecule has 3 heteroatoms. The number of carbonyl (C=O) groups excluding carboxylic acids is 1. The Labute approximate surface area is 127 Å². The number of nitrogens with zero attached hydrogens (tertiary/aromatic N) is 1. The van der Waals surface area contributed by atoms with Gasteiger partial charge in [0.1, 0.15) is 5.60 Å². The Morgan fingerprint density at radius 2 is 2.05 bits per heavy atom. The summed E-state index contributed by atoms with van der Waals surface area (Å²) in [5, 5.41) is 0. The molecule has 1 heterocycles. The molecular weight excluding hydrogens is 262 g/mol. The molecule has 0 aromatic heterocycles. The SMILES string of the molecule is C=CC(=O)N1CCCC(OC)(c2ccc(C(C)C)cc2)C1. The molecule has 1 amide bonds. The third kappa shape index (κ3) is 3.18. The Balaban J connectivity index is 2.27. The van der Waals surface area contributed by atoms with Crippen molar-refractivity contribution in [3.05, 3.63) is 48.0 Å². The highest BCUT2D eigenvalue weighted by molar-refractivity contribution is 5.87. The van der Waals surface area contributed by atoms with Crippen molar-refractivity contribution in [3.8, 4) is 0 Å². The van der Waals surface area contributed by atoms with Crippen LogP contribution in [-0.4, -0.2) is 31.0 Å². The van der Waals surface area contributed by atoms with Crippen molar-refractivity contribution in [1.29, 1.82) is 0 Å². The van der Waals surface area contributed by atoms with Crippen LogP contribution < -0.4 is 0 Å². The van der Waals surface area contributed by atoms with Gasteiger partial charge in [0.15, 0.2) is 0 Å². The van der Waals surface area contributed by atoms with E-state index in [9.17, 15) is 4.79 Å². The molecule has 0 bridgehead atoms. The van der Waals surface area contributed by atoms with Crippen molar-refractivity contribution in [3.63, 3.8) is 0 Å². The summed E-state index contributed by atoms with van der Waals surface area (Å²) in [6.07, 6.45) is 3.26. The van der Waals surface area contributed by atoms with Crippen LogP contribution in [0.25, 0.3) is 0 Å². The van der Waals surface area contributed by atoms with E-state index >= 15 is 0 Å². The maximum absolute atomic E-state index is 11.9. The molecule has 1 aromatic rings. The highest BCUT2D eigenvalue weighted by atomic mass is 16.5. The molecule has 1 aromatic carbocycles. The fraction of sp³-hybridized carbons (Fsp3) is 0.500. The van der Waals surface area contributed by atoms with Crippen LogP contribution in [0.2, 0.25) is 0 Å². The number of benzene rings is 1. The zero-order valence-electron chi connectivity index (χ0n) is 13.3. The lowest BCUT2D eigenvalue weighted by molar-refractivity contribution is -0.136. The summed E-state index contributed by atoms with van der Waals surface area (Å²) in [5.74, 6) is 0.498. The van der Waals surface area contributed by atoms with Crippen molar-refractivity contribution in [1.82, 2.24) is 4.90 Å². The van der Waals surface area contributed by atoms with Crippen LogP contribution >= 0.6 is 0 Å². The van der Waals surface area contributed by atoms with E-state index in [2.05, 4.69) is 44.7 Å². The van der Waals surface area contributed by atoms with E-state index < -0.39 is 5.60 Å².